The van der Waals surface area contributed by atoms with Crippen molar-refractivity contribution in [3.05, 3.63) is 35.4 Å². The van der Waals surface area contributed by atoms with Crippen molar-refractivity contribution in [1.29, 1.82) is 0 Å². The first kappa shape index (κ1) is 16.8. The van der Waals surface area contributed by atoms with Gasteiger partial charge in [-0.3, -0.25) is 9.59 Å². The van der Waals surface area contributed by atoms with Crippen LogP contribution in [-0.4, -0.2) is 53.4 Å². The zero-order valence-corrected chi connectivity index (χ0v) is 13.5. The van der Waals surface area contributed by atoms with Crippen molar-refractivity contribution >= 4 is 23.6 Å². The van der Waals surface area contributed by atoms with E-state index in [1.807, 2.05) is 25.1 Å². The van der Waals surface area contributed by atoms with Gasteiger partial charge in [0.2, 0.25) is 5.91 Å². The summed E-state index contributed by atoms with van der Waals surface area (Å²) >= 11 is 1.56. The van der Waals surface area contributed by atoms with E-state index in [1.54, 1.807) is 16.7 Å². The Morgan fingerprint density at radius 3 is 3.00 bits per heavy atom. The van der Waals surface area contributed by atoms with E-state index in [0.717, 1.165) is 5.75 Å². The lowest BCUT2D eigenvalue weighted by molar-refractivity contribution is -0.144. The fraction of sp³-hybridized carbons (Fsp3) is 0.500. The summed E-state index contributed by atoms with van der Waals surface area (Å²) in [6, 6.07) is 7.87. The molecule has 0 radical (unpaired) electrons. The molecule has 1 aromatic carbocycles. The molecule has 6 heteroatoms. The molecular formula is C16H21NO4S. The van der Waals surface area contributed by atoms with Crippen molar-refractivity contribution in [3.63, 3.8) is 0 Å². The van der Waals surface area contributed by atoms with E-state index in [4.69, 9.17) is 9.84 Å². The summed E-state index contributed by atoms with van der Waals surface area (Å²) in [5.74, 6) is 0.235. The number of morpholine rings is 1. The van der Waals surface area contributed by atoms with Gasteiger partial charge in [0.05, 0.1) is 31.4 Å². The Balaban J connectivity index is 1.83. The highest BCUT2D eigenvalue weighted by molar-refractivity contribution is 7.99. The molecule has 1 heterocycles. The Morgan fingerprint density at radius 1 is 1.45 bits per heavy atom. The van der Waals surface area contributed by atoms with Crippen molar-refractivity contribution in [2.45, 2.75) is 25.1 Å². The van der Waals surface area contributed by atoms with E-state index in [1.165, 1.54) is 11.1 Å². The van der Waals surface area contributed by atoms with E-state index < -0.39 is 5.97 Å². The Hall–Kier alpha value is -1.53. The second-order valence-corrected chi connectivity index (χ2v) is 6.38. The summed E-state index contributed by atoms with van der Waals surface area (Å²) in [6.45, 7) is 3.30. The third kappa shape index (κ3) is 5.03. The summed E-state index contributed by atoms with van der Waals surface area (Å²) < 4.78 is 5.29. The summed E-state index contributed by atoms with van der Waals surface area (Å²) in [5.41, 5.74) is 2.40. The fourth-order valence-electron chi connectivity index (χ4n) is 2.49. The zero-order chi connectivity index (χ0) is 15.9. The maximum atomic E-state index is 12.3. The molecule has 2 rings (SSSR count). The van der Waals surface area contributed by atoms with Crippen molar-refractivity contribution in [2.24, 2.45) is 0 Å². The second kappa shape index (κ2) is 8.19. The Morgan fingerprint density at radius 2 is 2.27 bits per heavy atom. The number of amides is 1. The van der Waals surface area contributed by atoms with Crippen LogP contribution in [0.25, 0.3) is 0 Å². The van der Waals surface area contributed by atoms with Crippen LogP contribution in [0.4, 0.5) is 0 Å². The first-order valence-corrected chi connectivity index (χ1v) is 8.44. The first-order valence-electron chi connectivity index (χ1n) is 7.28. The van der Waals surface area contributed by atoms with Crippen LogP contribution in [0, 0.1) is 6.92 Å². The van der Waals surface area contributed by atoms with Crippen LogP contribution < -0.4 is 0 Å². The fourth-order valence-corrected chi connectivity index (χ4v) is 3.35. The number of carboxylic acid groups (broad SMARTS) is 1. The third-order valence-electron chi connectivity index (χ3n) is 3.53. The van der Waals surface area contributed by atoms with Crippen LogP contribution in [0.2, 0.25) is 0 Å². The monoisotopic (exact) mass is 323 g/mol. The van der Waals surface area contributed by atoms with Crippen LogP contribution in [-0.2, 0) is 20.1 Å². The third-order valence-corrected chi connectivity index (χ3v) is 4.52. The molecule has 1 unspecified atom stereocenters. The number of carbonyl (C=O) groups is 2. The molecule has 1 saturated heterocycles. The predicted octanol–water partition coefficient (Wildman–Crippen LogP) is 1.93. The molecule has 120 valence electrons. The highest BCUT2D eigenvalue weighted by Gasteiger charge is 2.28. The van der Waals surface area contributed by atoms with Gasteiger partial charge < -0.3 is 14.7 Å². The number of thioether (sulfide) groups is 1. The molecule has 0 saturated carbocycles. The quantitative estimate of drug-likeness (QED) is 0.866. The summed E-state index contributed by atoms with van der Waals surface area (Å²) in [6.07, 6.45) is -0.0612. The van der Waals surface area contributed by atoms with Crippen molar-refractivity contribution in [2.75, 3.05) is 25.5 Å². The Bertz CT molecular complexity index is 535. The molecule has 1 amide bonds. The lowest BCUT2D eigenvalue weighted by Gasteiger charge is -2.34. The lowest BCUT2D eigenvalue weighted by Crippen LogP contribution is -2.50. The van der Waals surface area contributed by atoms with Crippen molar-refractivity contribution < 1.29 is 19.4 Å². The van der Waals surface area contributed by atoms with E-state index in [9.17, 15) is 9.59 Å². The number of carbonyl (C=O) groups excluding carboxylic acids is 1. The zero-order valence-electron chi connectivity index (χ0n) is 12.7. The molecule has 0 spiro atoms. The summed E-state index contributed by atoms with van der Waals surface area (Å²) in [4.78, 5) is 24.8. The van der Waals surface area contributed by atoms with Gasteiger partial charge in [0.15, 0.2) is 0 Å². The number of hydrogen-bond acceptors (Lipinski definition) is 4. The van der Waals surface area contributed by atoms with E-state index >= 15 is 0 Å². The number of hydrogen-bond donors (Lipinski definition) is 1. The molecule has 1 atom stereocenters. The molecule has 1 aliphatic heterocycles. The topological polar surface area (TPSA) is 66.8 Å². The van der Waals surface area contributed by atoms with Gasteiger partial charge >= 0.3 is 5.97 Å². The average Bonchev–Trinajstić information content (AvgIpc) is 2.47. The molecule has 0 bridgehead atoms. The van der Waals surface area contributed by atoms with Gasteiger partial charge in [-0.15, -0.1) is 11.8 Å². The van der Waals surface area contributed by atoms with E-state index in [0.29, 0.717) is 25.5 Å². The van der Waals surface area contributed by atoms with Crippen LogP contribution in [0.5, 0.6) is 0 Å². The molecular weight excluding hydrogens is 302 g/mol. The number of aliphatic carboxylic acids is 1. The number of benzene rings is 1. The number of aryl methyl sites for hydroxylation is 1. The number of ether oxygens (including phenoxy) is 1. The van der Waals surface area contributed by atoms with Gasteiger partial charge in [-0.1, -0.05) is 29.8 Å². The molecule has 22 heavy (non-hydrogen) atoms. The lowest BCUT2D eigenvalue weighted by atomic mass is 10.1. The Kier molecular flexibility index (Phi) is 6.27. The SMILES string of the molecule is Cc1cccc(CSCC(=O)N2CCOCC2CC(=O)O)c1. The van der Waals surface area contributed by atoms with E-state index in [2.05, 4.69) is 6.07 Å². The Labute approximate surface area is 134 Å². The minimum atomic E-state index is -0.902. The van der Waals surface area contributed by atoms with Crippen LogP contribution in [0.3, 0.4) is 0 Å². The van der Waals surface area contributed by atoms with Gasteiger partial charge in [-0.05, 0) is 12.5 Å². The molecule has 5 nitrogen and oxygen atoms in total. The van der Waals surface area contributed by atoms with E-state index in [-0.39, 0.29) is 18.4 Å². The smallest absolute Gasteiger partial charge is 0.305 e. The van der Waals surface area contributed by atoms with Gasteiger partial charge in [-0.25, -0.2) is 0 Å². The molecule has 1 aliphatic rings. The minimum absolute atomic E-state index is 0.00722. The maximum absolute atomic E-state index is 12.3. The molecule has 1 aromatic rings. The van der Waals surface area contributed by atoms with Gasteiger partial charge in [0.1, 0.15) is 0 Å². The number of nitrogens with zero attached hydrogens (tertiary/aromatic N) is 1. The maximum Gasteiger partial charge on any atom is 0.305 e. The molecule has 0 aromatic heterocycles. The van der Waals surface area contributed by atoms with Gasteiger partial charge in [0.25, 0.3) is 0 Å². The highest BCUT2D eigenvalue weighted by Crippen LogP contribution is 2.17. The highest BCUT2D eigenvalue weighted by atomic mass is 32.2. The predicted molar refractivity (Wildman–Crippen MR) is 85.9 cm³/mol. The summed E-state index contributed by atoms with van der Waals surface area (Å²) in [5, 5.41) is 8.92. The van der Waals surface area contributed by atoms with Crippen LogP contribution >= 0.6 is 11.8 Å². The first-order chi connectivity index (χ1) is 10.6. The van der Waals surface area contributed by atoms with Crippen molar-refractivity contribution in [3.8, 4) is 0 Å². The largest absolute Gasteiger partial charge is 0.481 e. The van der Waals surface area contributed by atoms with Gasteiger partial charge in [0, 0.05) is 12.3 Å². The normalized spacial score (nSPS) is 18.2. The number of carboxylic acids is 1. The number of rotatable bonds is 6. The van der Waals surface area contributed by atoms with Gasteiger partial charge in [-0.2, -0.15) is 0 Å². The molecule has 0 aliphatic carbocycles. The average molecular weight is 323 g/mol. The van der Waals surface area contributed by atoms with Crippen LogP contribution in [0.1, 0.15) is 17.5 Å². The standard InChI is InChI=1S/C16H21NO4S/c1-12-3-2-4-13(7-12)10-22-11-15(18)17-5-6-21-9-14(17)8-16(19)20/h2-4,7,14H,5-6,8-11H2,1H3,(H,19,20). The minimum Gasteiger partial charge on any atom is -0.481 e. The molecule has 1 N–H and O–H groups in total. The summed E-state index contributed by atoms with van der Waals surface area (Å²) in [7, 11) is 0. The second-order valence-electron chi connectivity index (χ2n) is 5.40. The molecule has 1 fully saturated rings. The van der Waals surface area contributed by atoms with Crippen molar-refractivity contribution in [1.82, 2.24) is 4.90 Å². The van der Waals surface area contributed by atoms with Crippen LogP contribution in [0.15, 0.2) is 24.3 Å².